The third kappa shape index (κ3) is 14.2. The van der Waals surface area contributed by atoms with Crippen LogP contribution >= 0.6 is 0 Å². The first kappa shape index (κ1) is 60.0. The van der Waals surface area contributed by atoms with Gasteiger partial charge in [-0.05, 0) is 93.9 Å². The molecule has 2 aromatic rings. The largest absolute Gasteiger partial charge is 0.337 e. The van der Waals surface area contributed by atoms with Gasteiger partial charge in [0.2, 0.25) is 71.1 Å². The summed E-state index contributed by atoms with van der Waals surface area (Å²) in [5, 5.41) is 0. The summed E-state index contributed by atoms with van der Waals surface area (Å²) in [6, 6.07) is -0.341. The van der Waals surface area contributed by atoms with Crippen LogP contribution in [0.15, 0.2) is 50.6 Å². The summed E-state index contributed by atoms with van der Waals surface area (Å²) in [7, 11) is 0. The van der Waals surface area contributed by atoms with Gasteiger partial charge in [0.1, 0.15) is 0 Å². The molecule has 0 radical (unpaired) electrons. The van der Waals surface area contributed by atoms with Crippen molar-refractivity contribution in [1.82, 2.24) is 39.7 Å². The number of unbranched alkanes of at least 4 members (excludes halogenated alkanes) is 3. The molecule has 20 heteroatoms. The molecular weight excluding hydrogens is 941 g/mol. The molecule has 406 valence electrons. The highest BCUT2D eigenvalue weighted by molar-refractivity contribution is 5.93. The second kappa shape index (κ2) is 24.6. The van der Waals surface area contributed by atoms with E-state index in [2.05, 4.69) is 101 Å². The van der Waals surface area contributed by atoms with Crippen LogP contribution in [0.4, 0.5) is 35.7 Å². The van der Waals surface area contributed by atoms with E-state index >= 15 is 0 Å². The molecule has 0 atom stereocenters. The Hall–Kier alpha value is -6.60. The van der Waals surface area contributed by atoms with Crippen molar-refractivity contribution in [3.63, 3.8) is 0 Å². The number of hydrogen-bond acceptors (Lipinski definition) is 14. The van der Waals surface area contributed by atoms with Crippen LogP contribution in [0.2, 0.25) is 0 Å². The number of carbonyl (C=O) groups is 6. The molecule has 74 heavy (non-hydrogen) atoms. The van der Waals surface area contributed by atoms with Gasteiger partial charge >= 0.3 is 0 Å². The van der Waals surface area contributed by atoms with Crippen LogP contribution < -0.4 is 29.4 Å². The van der Waals surface area contributed by atoms with E-state index in [0.717, 1.165) is 12.8 Å². The van der Waals surface area contributed by atoms with Gasteiger partial charge in [-0.2, -0.15) is 29.9 Å². The van der Waals surface area contributed by atoms with Crippen LogP contribution in [0.3, 0.4) is 0 Å². The third-order valence-electron chi connectivity index (χ3n) is 13.9. The zero-order valence-electron chi connectivity index (χ0n) is 46.9. The fraction of sp³-hybridized carbons (Fsp3) is 0.630. The summed E-state index contributed by atoms with van der Waals surface area (Å²) in [5.41, 5.74) is -2.22. The number of hydrogen-bond donors (Lipinski definition) is 0. The predicted molar refractivity (Wildman–Crippen MR) is 293 cm³/mol. The average molecular weight is 1030 g/mol. The molecule has 0 unspecified atom stereocenters. The summed E-state index contributed by atoms with van der Waals surface area (Å²) in [6.07, 6.45) is 11.6. The highest BCUT2D eigenvalue weighted by Crippen LogP contribution is 2.43. The number of piperidine rings is 2. The first-order chi connectivity index (χ1) is 34.5. The zero-order valence-corrected chi connectivity index (χ0v) is 46.9. The Kier molecular flexibility index (Phi) is 19.9. The second-order valence-electron chi connectivity index (χ2n) is 22.0. The summed E-state index contributed by atoms with van der Waals surface area (Å²) >= 11 is 0. The molecule has 2 aliphatic heterocycles. The number of nitrogens with zero attached hydrogens (tertiary/aromatic N) is 14. The van der Waals surface area contributed by atoms with Gasteiger partial charge in [-0.1, -0.05) is 37.1 Å². The molecule has 0 bridgehead atoms. The number of likely N-dealkylation sites (tertiary alicyclic amines) is 2. The molecule has 0 aliphatic carbocycles. The smallest absolute Gasteiger partial charge is 0.239 e. The molecule has 0 aromatic carbocycles. The quantitative estimate of drug-likeness (QED) is 0.0796. The number of aromatic nitrogens is 6. The number of amides is 6. The molecule has 20 nitrogen and oxygen atoms in total. The van der Waals surface area contributed by atoms with Crippen molar-refractivity contribution < 1.29 is 28.8 Å². The number of rotatable bonds is 23. The van der Waals surface area contributed by atoms with Crippen molar-refractivity contribution >= 4 is 71.1 Å². The SMILES string of the molecule is C=CCN(C(C)=O)c1nc(N(CC=C)C(C)=O)nc(N(CCCCCCN(c2nc(N(CC=C)C(C)=O)nc(N(CC=C)C(C)=O)n2)C2CC(C)(C)N(C(C)=O)C(C)(C)C2)C2CC(C)(C)N(C(C)=O)C(C)(C)C2)n1. The van der Waals surface area contributed by atoms with Gasteiger partial charge in [0.15, 0.2) is 0 Å². The van der Waals surface area contributed by atoms with Crippen LogP contribution in [0, 0.1) is 0 Å². The van der Waals surface area contributed by atoms with E-state index in [1.807, 2.05) is 9.80 Å². The van der Waals surface area contributed by atoms with Crippen LogP contribution in [0.5, 0.6) is 0 Å². The Morgan fingerprint density at radius 2 is 0.635 bits per heavy atom. The first-order valence-electron chi connectivity index (χ1n) is 25.7. The van der Waals surface area contributed by atoms with Crippen LogP contribution in [-0.4, -0.2) is 149 Å². The Morgan fingerprint density at radius 1 is 0.419 bits per heavy atom. The van der Waals surface area contributed by atoms with E-state index in [4.69, 9.17) is 19.9 Å². The lowest BCUT2D eigenvalue weighted by molar-refractivity contribution is -0.148. The molecule has 0 spiro atoms. The maximum absolute atomic E-state index is 13.2. The van der Waals surface area contributed by atoms with E-state index in [1.165, 1.54) is 47.3 Å². The molecule has 2 fully saturated rings. The van der Waals surface area contributed by atoms with Gasteiger partial charge in [-0.15, -0.1) is 26.3 Å². The molecular formula is C54H84N14O6. The van der Waals surface area contributed by atoms with E-state index in [1.54, 1.807) is 38.2 Å². The van der Waals surface area contributed by atoms with Crippen molar-refractivity contribution in [2.24, 2.45) is 0 Å². The minimum absolute atomic E-state index is 0.0196. The number of anilines is 6. The van der Waals surface area contributed by atoms with Crippen molar-refractivity contribution in [3.8, 4) is 0 Å². The van der Waals surface area contributed by atoms with Crippen LogP contribution in [-0.2, 0) is 28.8 Å². The van der Waals surface area contributed by atoms with E-state index < -0.39 is 22.2 Å². The maximum atomic E-state index is 13.2. The Balaban J connectivity index is 1.81. The van der Waals surface area contributed by atoms with Gasteiger partial charge in [-0.25, -0.2) is 0 Å². The fourth-order valence-corrected chi connectivity index (χ4v) is 11.8. The van der Waals surface area contributed by atoms with Crippen molar-refractivity contribution in [2.75, 3.05) is 68.7 Å². The normalized spacial score (nSPS) is 16.8. The summed E-state index contributed by atoms with van der Waals surface area (Å²) < 4.78 is 0. The fourth-order valence-electron chi connectivity index (χ4n) is 11.8. The summed E-state index contributed by atoms with van der Waals surface area (Å²) in [4.78, 5) is 122. The maximum Gasteiger partial charge on any atom is 0.239 e. The van der Waals surface area contributed by atoms with E-state index in [9.17, 15) is 28.8 Å². The first-order valence-corrected chi connectivity index (χ1v) is 25.7. The van der Waals surface area contributed by atoms with Crippen molar-refractivity contribution in [3.05, 3.63) is 50.6 Å². The summed E-state index contributed by atoms with van der Waals surface area (Å²) in [5.74, 6) is -0.390. The molecule has 2 aromatic heterocycles. The van der Waals surface area contributed by atoms with E-state index in [0.29, 0.717) is 63.5 Å². The lowest BCUT2D eigenvalue weighted by Crippen LogP contribution is -2.66. The topological polar surface area (TPSA) is 206 Å². The number of carbonyl (C=O) groups excluding carboxylic acids is 6. The lowest BCUT2D eigenvalue weighted by Gasteiger charge is -2.56. The third-order valence-corrected chi connectivity index (χ3v) is 13.9. The van der Waals surface area contributed by atoms with Gasteiger partial charge in [0, 0.05) is 115 Å². The molecule has 0 N–H and O–H groups in total. The zero-order chi connectivity index (χ0) is 55.7. The highest BCUT2D eigenvalue weighted by Gasteiger charge is 2.50. The molecule has 2 saturated heterocycles. The highest BCUT2D eigenvalue weighted by atomic mass is 16.2. The van der Waals surface area contributed by atoms with Gasteiger partial charge in [0.05, 0.1) is 0 Å². The minimum Gasteiger partial charge on any atom is -0.337 e. The Morgan fingerprint density at radius 3 is 0.824 bits per heavy atom. The van der Waals surface area contributed by atoms with Gasteiger partial charge in [0.25, 0.3) is 0 Å². The molecule has 2 aliphatic rings. The molecule has 0 saturated carbocycles. The van der Waals surface area contributed by atoms with Crippen molar-refractivity contribution in [2.45, 2.75) is 183 Å². The van der Waals surface area contributed by atoms with E-state index in [-0.39, 0.29) is 97.5 Å². The minimum atomic E-state index is -0.556. The Labute approximate surface area is 440 Å². The Bertz CT molecular complexity index is 2140. The van der Waals surface area contributed by atoms with Crippen LogP contribution in [0.25, 0.3) is 0 Å². The summed E-state index contributed by atoms with van der Waals surface area (Å²) in [6.45, 7) is 42.3. The standard InChI is InChI=1S/C54H84N14O6/c1-19-27-61(37(5)69)45-55-46(62(28-20-2)38(6)70)58-49(57-45)65(43-33-51(11,12)67(41(9)73)52(13,14)34-43)31-25-23-24-26-32-66(44-35-53(15,16)68(42(10)74)54(17,18)36-44)50-59-47(63(29-21-3)39(7)71)56-48(60-50)64(30-22-4)40(8)72/h19-22,43-44H,1-4,23-36H2,5-18H3. The monoisotopic (exact) mass is 1020 g/mol. The molecule has 6 amide bonds. The molecule has 4 rings (SSSR count). The second-order valence-corrected chi connectivity index (χ2v) is 22.0. The molecule has 4 heterocycles. The van der Waals surface area contributed by atoms with Gasteiger partial charge < -0.3 is 19.6 Å². The van der Waals surface area contributed by atoms with Crippen LogP contribution in [0.1, 0.15) is 148 Å². The average Bonchev–Trinajstić information content (AvgIpc) is 3.26. The predicted octanol–water partition coefficient (Wildman–Crippen LogP) is 7.22. The van der Waals surface area contributed by atoms with Crippen molar-refractivity contribution in [1.29, 1.82) is 0 Å². The lowest BCUT2D eigenvalue weighted by atomic mass is 9.76. The van der Waals surface area contributed by atoms with Gasteiger partial charge in [-0.3, -0.25) is 48.4 Å².